The molecule has 108 valence electrons. The van der Waals surface area contributed by atoms with Gasteiger partial charge in [-0.3, -0.25) is 0 Å². The third-order valence-corrected chi connectivity index (χ3v) is 5.75. The number of nitrogens with one attached hydrogen (secondary N) is 1. The molecule has 1 aliphatic rings. The van der Waals surface area contributed by atoms with Crippen molar-refractivity contribution in [3.8, 4) is 0 Å². The molecule has 0 bridgehead atoms. The molecule has 0 aromatic carbocycles. The van der Waals surface area contributed by atoms with Crippen molar-refractivity contribution in [3.05, 3.63) is 20.3 Å². The van der Waals surface area contributed by atoms with Crippen LogP contribution in [0.1, 0.15) is 35.4 Å². The van der Waals surface area contributed by atoms with Crippen molar-refractivity contribution in [2.45, 2.75) is 51.4 Å². The third-order valence-electron chi connectivity index (χ3n) is 3.61. The Labute approximate surface area is 123 Å². The van der Waals surface area contributed by atoms with Gasteiger partial charge in [0, 0.05) is 26.8 Å². The van der Waals surface area contributed by atoms with Gasteiger partial charge in [-0.05, 0) is 48.2 Å². The van der Waals surface area contributed by atoms with E-state index in [-0.39, 0.29) is 18.9 Å². The van der Waals surface area contributed by atoms with Crippen LogP contribution in [0.2, 0.25) is 0 Å². The van der Waals surface area contributed by atoms with Crippen LogP contribution in [0.15, 0.2) is 10.5 Å². The fourth-order valence-corrected chi connectivity index (χ4v) is 4.08. The van der Waals surface area contributed by atoms with Gasteiger partial charge < -0.3 is 5.32 Å². The quantitative estimate of drug-likeness (QED) is 0.801. The molecular weight excluding hydrogens is 339 g/mol. The molecule has 0 spiro atoms. The summed E-state index contributed by atoms with van der Waals surface area (Å²) in [4.78, 5) is 2.37. The van der Waals surface area contributed by atoms with Crippen molar-refractivity contribution in [1.29, 1.82) is 0 Å². The van der Waals surface area contributed by atoms with Gasteiger partial charge in [-0.1, -0.05) is 6.42 Å². The standard InChI is InChI=1S/C13H17BrF3NS/c1-8-12(14)6-11(19-8)7-18-10-4-2-3-9(5-10)13(15,16)17/h6,9-10,18H,2-5,7H2,1H3. The average molecular weight is 356 g/mol. The molecule has 2 rings (SSSR count). The highest BCUT2D eigenvalue weighted by Gasteiger charge is 2.41. The zero-order valence-corrected chi connectivity index (χ0v) is 13.1. The average Bonchev–Trinajstić information content (AvgIpc) is 2.66. The first-order valence-electron chi connectivity index (χ1n) is 6.41. The summed E-state index contributed by atoms with van der Waals surface area (Å²) in [5.74, 6) is -1.13. The molecule has 1 aromatic heterocycles. The number of hydrogen-bond acceptors (Lipinski definition) is 2. The SMILES string of the molecule is Cc1sc(CNC2CCCC(C(F)(F)F)C2)cc1Br. The van der Waals surface area contributed by atoms with Gasteiger partial charge in [-0.25, -0.2) is 0 Å². The molecule has 2 unspecified atom stereocenters. The Balaban J connectivity index is 1.86. The Hall–Kier alpha value is -0.0700. The van der Waals surface area contributed by atoms with Crippen molar-refractivity contribution >= 4 is 27.3 Å². The van der Waals surface area contributed by atoms with E-state index >= 15 is 0 Å². The molecule has 6 heteroatoms. The highest BCUT2D eigenvalue weighted by molar-refractivity contribution is 9.10. The van der Waals surface area contributed by atoms with E-state index in [4.69, 9.17) is 0 Å². The second-order valence-corrected chi connectivity index (χ2v) is 7.30. The maximum atomic E-state index is 12.7. The van der Waals surface area contributed by atoms with Crippen molar-refractivity contribution in [2.75, 3.05) is 0 Å². The van der Waals surface area contributed by atoms with Gasteiger partial charge in [0.1, 0.15) is 0 Å². The highest BCUT2D eigenvalue weighted by Crippen LogP contribution is 2.37. The Bertz CT molecular complexity index is 411. The molecule has 1 fully saturated rings. The molecule has 2 atom stereocenters. The highest BCUT2D eigenvalue weighted by atomic mass is 79.9. The molecule has 0 aliphatic heterocycles. The monoisotopic (exact) mass is 355 g/mol. The predicted molar refractivity (Wildman–Crippen MR) is 75.4 cm³/mol. The van der Waals surface area contributed by atoms with Crippen LogP contribution in [-0.4, -0.2) is 12.2 Å². The number of thiophene rings is 1. The second-order valence-electron chi connectivity index (χ2n) is 5.10. The van der Waals surface area contributed by atoms with E-state index in [0.717, 1.165) is 10.9 Å². The molecule has 1 saturated carbocycles. The summed E-state index contributed by atoms with van der Waals surface area (Å²) in [5.41, 5.74) is 0. The first-order valence-corrected chi connectivity index (χ1v) is 8.02. The summed E-state index contributed by atoms with van der Waals surface area (Å²) in [7, 11) is 0. The summed E-state index contributed by atoms with van der Waals surface area (Å²) in [6.07, 6.45) is -2.03. The molecular formula is C13H17BrF3NS. The fourth-order valence-electron chi connectivity index (χ4n) is 2.52. The Morgan fingerprint density at radius 1 is 1.42 bits per heavy atom. The van der Waals surface area contributed by atoms with Crippen LogP contribution in [0.3, 0.4) is 0 Å². The van der Waals surface area contributed by atoms with Gasteiger partial charge >= 0.3 is 6.18 Å². The van der Waals surface area contributed by atoms with E-state index < -0.39 is 12.1 Å². The molecule has 19 heavy (non-hydrogen) atoms. The van der Waals surface area contributed by atoms with Gasteiger partial charge in [0.15, 0.2) is 0 Å². The first kappa shape index (κ1) is 15.3. The molecule has 1 aromatic rings. The number of aryl methyl sites for hydroxylation is 1. The number of hydrogen-bond donors (Lipinski definition) is 1. The topological polar surface area (TPSA) is 12.0 Å². The van der Waals surface area contributed by atoms with Crippen molar-refractivity contribution in [2.24, 2.45) is 5.92 Å². The molecule has 1 aliphatic carbocycles. The van der Waals surface area contributed by atoms with E-state index in [2.05, 4.69) is 21.2 Å². The molecule has 0 radical (unpaired) electrons. The number of rotatable bonds is 3. The van der Waals surface area contributed by atoms with Gasteiger partial charge in [0.2, 0.25) is 0 Å². The maximum Gasteiger partial charge on any atom is 0.391 e. The van der Waals surface area contributed by atoms with E-state index in [1.807, 2.05) is 13.0 Å². The van der Waals surface area contributed by atoms with Crippen molar-refractivity contribution in [1.82, 2.24) is 5.32 Å². The Kier molecular flexibility index (Phi) is 4.95. The molecule has 1 heterocycles. The summed E-state index contributed by atoms with van der Waals surface area (Å²) < 4.78 is 39.2. The van der Waals surface area contributed by atoms with Gasteiger partial charge in [-0.15, -0.1) is 11.3 Å². The van der Waals surface area contributed by atoms with Crippen LogP contribution in [-0.2, 0) is 6.54 Å². The van der Waals surface area contributed by atoms with Crippen LogP contribution < -0.4 is 5.32 Å². The molecule has 0 amide bonds. The summed E-state index contributed by atoms with van der Waals surface area (Å²) in [6.45, 7) is 2.69. The minimum Gasteiger partial charge on any atom is -0.309 e. The van der Waals surface area contributed by atoms with Gasteiger partial charge in [0.25, 0.3) is 0 Å². The third kappa shape index (κ3) is 4.20. The van der Waals surface area contributed by atoms with Crippen molar-refractivity contribution < 1.29 is 13.2 Å². The minimum atomic E-state index is -4.04. The van der Waals surface area contributed by atoms with E-state index in [0.29, 0.717) is 13.0 Å². The zero-order chi connectivity index (χ0) is 14.0. The predicted octanol–water partition coefficient (Wildman–Crippen LogP) is 5.03. The largest absolute Gasteiger partial charge is 0.391 e. The normalized spacial score (nSPS) is 24.7. The van der Waals surface area contributed by atoms with Gasteiger partial charge in [-0.2, -0.15) is 13.2 Å². The van der Waals surface area contributed by atoms with Crippen LogP contribution >= 0.6 is 27.3 Å². The number of alkyl halides is 3. The second kappa shape index (κ2) is 6.14. The van der Waals surface area contributed by atoms with Gasteiger partial charge in [0.05, 0.1) is 5.92 Å². The van der Waals surface area contributed by atoms with Crippen molar-refractivity contribution in [3.63, 3.8) is 0 Å². The lowest BCUT2D eigenvalue weighted by Gasteiger charge is -2.31. The Morgan fingerprint density at radius 3 is 2.74 bits per heavy atom. The lowest BCUT2D eigenvalue weighted by Crippen LogP contribution is -2.38. The summed E-state index contributed by atoms with van der Waals surface area (Å²) in [5, 5.41) is 3.27. The van der Waals surface area contributed by atoms with E-state index in [9.17, 15) is 13.2 Å². The zero-order valence-electron chi connectivity index (χ0n) is 10.7. The minimum absolute atomic E-state index is 0.0124. The molecule has 1 N–H and O–H groups in total. The maximum absolute atomic E-state index is 12.7. The summed E-state index contributed by atoms with van der Waals surface area (Å²) >= 11 is 5.13. The van der Waals surface area contributed by atoms with E-state index in [1.54, 1.807) is 11.3 Å². The van der Waals surface area contributed by atoms with Crippen LogP contribution in [0.25, 0.3) is 0 Å². The smallest absolute Gasteiger partial charge is 0.309 e. The molecule has 1 nitrogen and oxygen atoms in total. The van der Waals surface area contributed by atoms with E-state index in [1.165, 1.54) is 9.75 Å². The first-order chi connectivity index (χ1) is 8.86. The lowest BCUT2D eigenvalue weighted by molar-refractivity contribution is -0.183. The van der Waals surface area contributed by atoms with Crippen LogP contribution in [0.4, 0.5) is 13.2 Å². The Morgan fingerprint density at radius 2 is 2.16 bits per heavy atom. The summed E-state index contributed by atoms with van der Waals surface area (Å²) in [6, 6.07) is 2.03. The lowest BCUT2D eigenvalue weighted by atomic mass is 9.85. The number of halogens is 4. The van der Waals surface area contributed by atoms with Crippen LogP contribution in [0.5, 0.6) is 0 Å². The van der Waals surface area contributed by atoms with Crippen LogP contribution in [0, 0.1) is 12.8 Å². The fraction of sp³-hybridized carbons (Fsp3) is 0.692. The molecule has 0 saturated heterocycles.